The molecule has 5 nitrogen and oxygen atoms in total. The first-order chi connectivity index (χ1) is 9.51. The van der Waals surface area contributed by atoms with Crippen LogP contribution >= 0.6 is 15.9 Å². The number of benzene rings is 1. The lowest BCUT2D eigenvalue weighted by molar-refractivity contribution is -0.139. The van der Waals surface area contributed by atoms with Crippen LogP contribution in [0.15, 0.2) is 34.8 Å². The summed E-state index contributed by atoms with van der Waals surface area (Å²) >= 11 is 3.41. The maximum Gasteiger partial charge on any atom is 0.328 e. The lowest BCUT2D eigenvalue weighted by Crippen LogP contribution is -2.27. The van der Waals surface area contributed by atoms with Crippen LogP contribution in [-0.4, -0.2) is 28.1 Å². The number of hydrogen-bond acceptors (Lipinski definition) is 4. The minimum atomic E-state index is -1.00. The van der Waals surface area contributed by atoms with Gasteiger partial charge in [0.05, 0.1) is 5.69 Å². The molecular weight excluding hydrogens is 322 g/mol. The number of halogens is 1. The lowest BCUT2D eigenvalue weighted by atomic mass is 10.1. The Bertz CT molecular complexity index is 646. The van der Waals surface area contributed by atoms with E-state index in [0.29, 0.717) is 5.69 Å². The van der Waals surface area contributed by atoms with Gasteiger partial charge in [0.15, 0.2) is 11.9 Å². The normalized spacial score (nSPS) is 12.2. The molecule has 0 fully saturated rings. The van der Waals surface area contributed by atoms with Crippen molar-refractivity contribution in [2.45, 2.75) is 13.0 Å². The average Bonchev–Trinajstić information content (AvgIpc) is 2.38. The highest BCUT2D eigenvalue weighted by Gasteiger charge is 2.21. The molecule has 0 radical (unpaired) electrons. The van der Waals surface area contributed by atoms with Crippen LogP contribution in [0.1, 0.15) is 17.6 Å². The molecule has 0 amide bonds. The van der Waals surface area contributed by atoms with Gasteiger partial charge in [-0.1, -0.05) is 28.1 Å². The molecule has 0 aliphatic carbocycles. The second kappa shape index (κ2) is 6.11. The van der Waals surface area contributed by atoms with Gasteiger partial charge in [0.25, 0.3) is 0 Å². The Balaban J connectivity index is 2.51. The maximum atomic E-state index is 11.2. The minimum Gasteiger partial charge on any atom is -0.480 e. The molecule has 0 spiro atoms. The first-order valence-corrected chi connectivity index (χ1v) is 6.82. The summed E-state index contributed by atoms with van der Waals surface area (Å²) in [6.07, 6.45) is 0. The Hall–Kier alpha value is -1.79. The van der Waals surface area contributed by atoms with E-state index in [1.807, 2.05) is 37.3 Å². The van der Waals surface area contributed by atoms with Crippen LogP contribution in [-0.2, 0) is 4.79 Å². The summed E-state index contributed by atoms with van der Waals surface area (Å²) in [4.78, 5) is 19.8. The van der Waals surface area contributed by atoms with E-state index in [9.17, 15) is 9.90 Å². The van der Waals surface area contributed by atoms with Crippen LogP contribution in [0, 0.1) is 6.92 Å². The second-order valence-electron chi connectivity index (χ2n) is 4.32. The predicted octanol–water partition coefficient (Wildman–Crippen LogP) is 2.56. The van der Waals surface area contributed by atoms with Gasteiger partial charge in [0.1, 0.15) is 0 Å². The number of carboxylic acid groups (broad SMARTS) is 1. The standard InChI is InChI=1S/C14H14BrN3O2/c1-8-6-11(9-4-3-5-10(15)7-9)18-13(17-8)12(16-2)14(19)20/h3-7,12,16H,1-2H3,(H,19,20). The van der Waals surface area contributed by atoms with E-state index < -0.39 is 12.0 Å². The number of nitrogens with zero attached hydrogens (tertiary/aromatic N) is 2. The van der Waals surface area contributed by atoms with Crippen molar-refractivity contribution in [3.05, 3.63) is 46.3 Å². The van der Waals surface area contributed by atoms with E-state index in [4.69, 9.17) is 0 Å². The fourth-order valence-corrected chi connectivity index (χ4v) is 2.28. The van der Waals surface area contributed by atoms with Gasteiger partial charge in [0.2, 0.25) is 0 Å². The molecule has 0 aliphatic rings. The molecule has 1 atom stereocenters. The molecular formula is C14H14BrN3O2. The summed E-state index contributed by atoms with van der Waals surface area (Å²) in [5.41, 5.74) is 2.34. The third kappa shape index (κ3) is 3.20. The smallest absolute Gasteiger partial charge is 0.328 e. The van der Waals surface area contributed by atoms with E-state index in [-0.39, 0.29) is 5.82 Å². The van der Waals surface area contributed by atoms with E-state index in [1.165, 1.54) is 0 Å². The summed E-state index contributed by atoms with van der Waals surface area (Å²) in [6.45, 7) is 1.82. The van der Waals surface area contributed by atoms with Crippen LogP contribution in [0.4, 0.5) is 0 Å². The lowest BCUT2D eigenvalue weighted by Gasteiger charge is -2.12. The van der Waals surface area contributed by atoms with Gasteiger partial charge in [-0.05, 0) is 32.2 Å². The minimum absolute atomic E-state index is 0.259. The number of nitrogens with one attached hydrogen (secondary N) is 1. The molecule has 2 N–H and O–H groups in total. The van der Waals surface area contributed by atoms with Crippen molar-refractivity contribution in [1.82, 2.24) is 15.3 Å². The zero-order valence-electron chi connectivity index (χ0n) is 11.1. The van der Waals surface area contributed by atoms with Crippen LogP contribution in [0.25, 0.3) is 11.3 Å². The monoisotopic (exact) mass is 335 g/mol. The quantitative estimate of drug-likeness (QED) is 0.898. The third-order valence-corrected chi connectivity index (χ3v) is 3.28. The van der Waals surface area contributed by atoms with E-state index in [1.54, 1.807) is 7.05 Å². The summed E-state index contributed by atoms with van der Waals surface area (Å²) in [7, 11) is 1.57. The van der Waals surface area contributed by atoms with Gasteiger partial charge in [-0.15, -0.1) is 0 Å². The maximum absolute atomic E-state index is 11.2. The van der Waals surface area contributed by atoms with Crippen LogP contribution in [0.5, 0.6) is 0 Å². The van der Waals surface area contributed by atoms with Crippen LogP contribution < -0.4 is 5.32 Å². The molecule has 0 saturated carbocycles. The zero-order valence-corrected chi connectivity index (χ0v) is 12.7. The Labute approximate surface area is 125 Å². The van der Waals surface area contributed by atoms with Gasteiger partial charge in [-0.25, -0.2) is 9.97 Å². The third-order valence-electron chi connectivity index (χ3n) is 2.79. The molecule has 1 unspecified atom stereocenters. The Morgan fingerprint density at radius 3 is 2.70 bits per heavy atom. The molecule has 1 aromatic carbocycles. The van der Waals surface area contributed by atoms with Crippen molar-refractivity contribution in [2.75, 3.05) is 7.05 Å². The van der Waals surface area contributed by atoms with Crippen molar-refractivity contribution in [1.29, 1.82) is 0 Å². The molecule has 6 heteroatoms. The highest BCUT2D eigenvalue weighted by Crippen LogP contribution is 2.23. The SMILES string of the molecule is CNC(C(=O)O)c1nc(C)cc(-c2cccc(Br)c2)n1. The highest BCUT2D eigenvalue weighted by molar-refractivity contribution is 9.10. The van der Waals surface area contributed by atoms with Crippen molar-refractivity contribution in [3.63, 3.8) is 0 Å². The van der Waals surface area contributed by atoms with Gasteiger partial charge >= 0.3 is 5.97 Å². The van der Waals surface area contributed by atoms with E-state index in [0.717, 1.165) is 15.7 Å². The molecule has 2 rings (SSSR count). The highest BCUT2D eigenvalue weighted by atomic mass is 79.9. The molecule has 0 bridgehead atoms. The number of aryl methyl sites for hydroxylation is 1. The van der Waals surface area contributed by atoms with E-state index in [2.05, 4.69) is 31.2 Å². The number of aliphatic carboxylic acids is 1. The number of carbonyl (C=O) groups is 1. The fourth-order valence-electron chi connectivity index (χ4n) is 1.88. The van der Waals surface area contributed by atoms with E-state index >= 15 is 0 Å². The molecule has 20 heavy (non-hydrogen) atoms. The van der Waals surface area contributed by atoms with Crippen molar-refractivity contribution in [3.8, 4) is 11.3 Å². The first kappa shape index (κ1) is 14.6. The summed E-state index contributed by atoms with van der Waals surface area (Å²) in [5.74, 6) is -0.742. The average molecular weight is 336 g/mol. The number of hydrogen-bond donors (Lipinski definition) is 2. The molecule has 0 aliphatic heterocycles. The number of aromatic nitrogens is 2. The zero-order chi connectivity index (χ0) is 14.7. The van der Waals surface area contributed by atoms with Crippen molar-refractivity contribution < 1.29 is 9.90 Å². The summed E-state index contributed by atoms with van der Waals surface area (Å²) < 4.78 is 0.941. The topological polar surface area (TPSA) is 75.1 Å². The van der Waals surface area contributed by atoms with Crippen LogP contribution in [0.3, 0.4) is 0 Å². The second-order valence-corrected chi connectivity index (χ2v) is 5.24. The van der Waals surface area contributed by atoms with Crippen molar-refractivity contribution in [2.24, 2.45) is 0 Å². The van der Waals surface area contributed by atoms with Gasteiger partial charge in [0, 0.05) is 15.7 Å². The fraction of sp³-hybridized carbons (Fsp3) is 0.214. The largest absolute Gasteiger partial charge is 0.480 e. The summed E-state index contributed by atoms with van der Waals surface area (Å²) in [5, 5.41) is 11.9. The number of carboxylic acids is 1. The molecule has 104 valence electrons. The molecule has 1 aromatic heterocycles. The number of rotatable bonds is 4. The number of likely N-dealkylation sites (N-methyl/N-ethyl adjacent to an activating group) is 1. The van der Waals surface area contributed by atoms with Gasteiger partial charge in [-0.2, -0.15) is 0 Å². The molecule has 2 aromatic rings. The van der Waals surface area contributed by atoms with Gasteiger partial charge in [-0.3, -0.25) is 4.79 Å². The Kier molecular flexibility index (Phi) is 4.46. The Morgan fingerprint density at radius 2 is 2.10 bits per heavy atom. The molecule has 1 heterocycles. The Morgan fingerprint density at radius 1 is 1.35 bits per heavy atom. The van der Waals surface area contributed by atoms with Gasteiger partial charge < -0.3 is 10.4 Å². The predicted molar refractivity (Wildman–Crippen MR) is 79.3 cm³/mol. The first-order valence-electron chi connectivity index (χ1n) is 6.03. The summed E-state index contributed by atoms with van der Waals surface area (Å²) in [6, 6.07) is 8.60. The van der Waals surface area contributed by atoms with Crippen LogP contribution in [0.2, 0.25) is 0 Å². The molecule has 0 saturated heterocycles. The van der Waals surface area contributed by atoms with Crippen molar-refractivity contribution >= 4 is 21.9 Å².